The molecule has 1 aliphatic heterocycles. The van der Waals surface area contributed by atoms with Gasteiger partial charge >= 0.3 is 5.97 Å². The van der Waals surface area contributed by atoms with Gasteiger partial charge in [0.25, 0.3) is 0 Å². The summed E-state index contributed by atoms with van der Waals surface area (Å²) in [6.07, 6.45) is -0.950. The van der Waals surface area contributed by atoms with Crippen LogP contribution in [-0.4, -0.2) is 31.1 Å². The van der Waals surface area contributed by atoms with Crippen LogP contribution in [0, 0.1) is 0 Å². The summed E-state index contributed by atoms with van der Waals surface area (Å²) in [4.78, 5) is 11.0. The molecule has 0 aliphatic carbocycles. The van der Waals surface area contributed by atoms with E-state index in [1.807, 2.05) is 0 Å². The van der Waals surface area contributed by atoms with Crippen molar-refractivity contribution in [3.8, 4) is 11.5 Å². The molecule has 0 unspecified atom stereocenters. The molecule has 1 aromatic carbocycles. The summed E-state index contributed by atoms with van der Waals surface area (Å²) in [5.41, 5.74) is 0.794. The number of hydrogen-bond donors (Lipinski definition) is 1. The smallest absolute Gasteiger partial charge is 0.335 e. The monoisotopic (exact) mass is 224 g/mol. The highest BCUT2D eigenvalue weighted by molar-refractivity contribution is 5.74. The Labute approximate surface area is 92.5 Å². The second-order valence-electron chi connectivity index (χ2n) is 3.43. The van der Waals surface area contributed by atoms with E-state index in [9.17, 15) is 9.90 Å². The number of esters is 1. The Balaban J connectivity index is 2.08. The Kier molecular flexibility index (Phi) is 2.96. The van der Waals surface area contributed by atoms with Crippen molar-refractivity contribution >= 4 is 5.97 Å². The van der Waals surface area contributed by atoms with Crippen molar-refractivity contribution in [2.75, 3.05) is 13.9 Å². The Morgan fingerprint density at radius 3 is 3.00 bits per heavy atom. The first kappa shape index (κ1) is 10.8. The topological polar surface area (TPSA) is 65.0 Å². The summed E-state index contributed by atoms with van der Waals surface area (Å²) in [6, 6.07) is 5.27. The molecule has 86 valence electrons. The standard InChI is InChI=1S/C11H12O5/c1-14-11(13)8(12)4-7-2-3-9-10(5-7)16-6-15-9/h2-3,5,8,12H,4,6H2,1H3/t8-/m0/s1. The van der Waals surface area contributed by atoms with Crippen LogP contribution >= 0.6 is 0 Å². The molecule has 1 heterocycles. The molecule has 0 amide bonds. The molecule has 0 bridgehead atoms. The van der Waals surface area contributed by atoms with E-state index in [1.54, 1.807) is 18.2 Å². The summed E-state index contributed by atoms with van der Waals surface area (Å²) in [5, 5.41) is 9.47. The fourth-order valence-corrected chi connectivity index (χ4v) is 1.51. The average Bonchev–Trinajstić information content (AvgIpc) is 2.75. The van der Waals surface area contributed by atoms with Gasteiger partial charge in [0.15, 0.2) is 17.6 Å². The zero-order chi connectivity index (χ0) is 11.5. The zero-order valence-electron chi connectivity index (χ0n) is 8.80. The lowest BCUT2D eigenvalue weighted by molar-refractivity contribution is -0.150. The molecule has 1 aromatic rings. The number of methoxy groups -OCH3 is 1. The second kappa shape index (κ2) is 4.40. The fourth-order valence-electron chi connectivity index (χ4n) is 1.51. The van der Waals surface area contributed by atoms with E-state index >= 15 is 0 Å². The van der Waals surface area contributed by atoms with Crippen LogP contribution in [0.2, 0.25) is 0 Å². The van der Waals surface area contributed by atoms with Gasteiger partial charge in [-0.2, -0.15) is 0 Å². The van der Waals surface area contributed by atoms with Gasteiger partial charge in [0.1, 0.15) is 0 Å². The third kappa shape index (κ3) is 2.09. The summed E-state index contributed by atoms with van der Waals surface area (Å²) in [7, 11) is 1.24. The van der Waals surface area contributed by atoms with Gasteiger partial charge in [0.05, 0.1) is 7.11 Å². The fraction of sp³-hybridized carbons (Fsp3) is 0.364. The van der Waals surface area contributed by atoms with E-state index in [-0.39, 0.29) is 13.2 Å². The van der Waals surface area contributed by atoms with E-state index in [2.05, 4.69) is 4.74 Å². The molecule has 0 saturated heterocycles. The molecular weight excluding hydrogens is 212 g/mol. The number of benzene rings is 1. The number of fused-ring (bicyclic) bond motifs is 1. The van der Waals surface area contributed by atoms with Crippen LogP contribution in [-0.2, 0) is 16.0 Å². The molecule has 0 fully saturated rings. The van der Waals surface area contributed by atoms with Crippen LogP contribution in [0.15, 0.2) is 18.2 Å². The van der Waals surface area contributed by atoms with Crippen molar-refractivity contribution in [1.29, 1.82) is 0 Å². The normalized spacial score (nSPS) is 14.6. The summed E-state index contributed by atoms with van der Waals surface area (Å²) in [6.45, 7) is 0.207. The largest absolute Gasteiger partial charge is 0.467 e. The first-order chi connectivity index (χ1) is 7.70. The van der Waals surface area contributed by atoms with Crippen molar-refractivity contribution in [1.82, 2.24) is 0 Å². The van der Waals surface area contributed by atoms with Crippen LogP contribution in [0.5, 0.6) is 11.5 Å². The SMILES string of the molecule is COC(=O)[C@@H](O)Cc1ccc2c(c1)OCO2. The highest BCUT2D eigenvalue weighted by Gasteiger charge is 2.18. The lowest BCUT2D eigenvalue weighted by Crippen LogP contribution is -2.24. The first-order valence-corrected chi connectivity index (χ1v) is 4.85. The van der Waals surface area contributed by atoms with E-state index < -0.39 is 12.1 Å². The first-order valence-electron chi connectivity index (χ1n) is 4.85. The molecule has 2 rings (SSSR count). The molecule has 5 heteroatoms. The molecular formula is C11H12O5. The van der Waals surface area contributed by atoms with Crippen molar-refractivity contribution in [2.24, 2.45) is 0 Å². The molecule has 0 aromatic heterocycles. The van der Waals surface area contributed by atoms with E-state index in [0.717, 1.165) is 5.56 Å². The molecule has 1 N–H and O–H groups in total. The Morgan fingerprint density at radius 1 is 1.50 bits per heavy atom. The van der Waals surface area contributed by atoms with Crippen LogP contribution in [0.1, 0.15) is 5.56 Å². The minimum absolute atomic E-state index is 0.198. The number of aliphatic hydroxyl groups is 1. The lowest BCUT2D eigenvalue weighted by atomic mass is 10.1. The lowest BCUT2D eigenvalue weighted by Gasteiger charge is -2.08. The number of rotatable bonds is 3. The van der Waals surface area contributed by atoms with Gasteiger partial charge < -0.3 is 19.3 Å². The molecule has 0 radical (unpaired) electrons. The van der Waals surface area contributed by atoms with Crippen molar-refractivity contribution < 1.29 is 24.1 Å². The van der Waals surface area contributed by atoms with Crippen molar-refractivity contribution in [2.45, 2.75) is 12.5 Å². The number of carbonyl (C=O) groups is 1. The van der Waals surface area contributed by atoms with Crippen LogP contribution in [0.4, 0.5) is 0 Å². The van der Waals surface area contributed by atoms with Gasteiger partial charge in [-0.3, -0.25) is 0 Å². The third-order valence-electron chi connectivity index (χ3n) is 2.34. The van der Waals surface area contributed by atoms with E-state index in [0.29, 0.717) is 11.5 Å². The number of carbonyl (C=O) groups excluding carboxylic acids is 1. The Bertz CT molecular complexity index is 401. The predicted molar refractivity (Wildman–Crippen MR) is 54.3 cm³/mol. The maximum absolute atomic E-state index is 11.0. The molecule has 0 saturated carbocycles. The van der Waals surface area contributed by atoms with Crippen molar-refractivity contribution in [3.63, 3.8) is 0 Å². The van der Waals surface area contributed by atoms with Crippen molar-refractivity contribution in [3.05, 3.63) is 23.8 Å². The zero-order valence-corrected chi connectivity index (χ0v) is 8.80. The molecule has 16 heavy (non-hydrogen) atoms. The van der Waals surface area contributed by atoms with Gasteiger partial charge in [-0.25, -0.2) is 4.79 Å². The second-order valence-corrected chi connectivity index (χ2v) is 3.43. The summed E-state index contributed by atoms with van der Waals surface area (Å²) < 4.78 is 14.8. The Morgan fingerprint density at radius 2 is 2.25 bits per heavy atom. The molecule has 5 nitrogen and oxygen atoms in total. The van der Waals surface area contributed by atoms with Crippen LogP contribution in [0.3, 0.4) is 0 Å². The van der Waals surface area contributed by atoms with E-state index in [4.69, 9.17) is 9.47 Å². The van der Waals surface area contributed by atoms with Crippen LogP contribution < -0.4 is 9.47 Å². The molecule has 1 aliphatic rings. The van der Waals surface area contributed by atoms with E-state index in [1.165, 1.54) is 7.11 Å². The molecule has 0 spiro atoms. The minimum Gasteiger partial charge on any atom is -0.467 e. The molecule has 1 atom stereocenters. The third-order valence-corrected chi connectivity index (χ3v) is 2.34. The highest BCUT2D eigenvalue weighted by atomic mass is 16.7. The highest BCUT2D eigenvalue weighted by Crippen LogP contribution is 2.32. The number of hydrogen-bond acceptors (Lipinski definition) is 5. The quantitative estimate of drug-likeness (QED) is 0.757. The average molecular weight is 224 g/mol. The summed E-state index contributed by atoms with van der Waals surface area (Å²) in [5.74, 6) is 0.670. The maximum Gasteiger partial charge on any atom is 0.335 e. The number of aliphatic hydroxyl groups excluding tert-OH is 1. The maximum atomic E-state index is 11.0. The van der Waals surface area contributed by atoms with Crippen LogP contribution in [0.25, 0.3) is 0 Å². The van der Waals surface area contributed by atoms with Gasteiger partial charge in [0, 0.05) is 6.42 Å². The van der Waals surface area contributed by atoms with Gasteiger partial charge in [-0.05, 0) is 17.7 Å². The minimum atomic E-state index is -1.15. The predicted octanol–water partition coefficient (Wildman–Crippen LogP) is 0.492. The Hall–Kier alpha value is -1.75. The van der Waals surface area contributed by atoms with Gasteiger partial charge in [-0.1, -0.05) is 6.07 Å². The summed E-state index contributed by atoms with van der Waals surface area (Å²) >= 11 is 0. The van der Waals surface area contributed by atoms with Gasteiger partial charge in [0.2, 0.25) is 6.79 Å². The number of ether oxygens (including phenoxy) is 3. The van der Waals surface area contributed by atoms with Gasteiger partial charge in [-0.15, -0.1) is 0 Å².